The quantitative estimate of drug-likeness (QED) is 0.730. The van der Waals surface area contributed by atoms with E-state index in [1.807, 2.05) is 12.4 Å². The molecule has 0 saturated carbocycles. The number of hydrogen-bond donors (Lipinski definition) is 2. The Hall–Kier alpha value is -2.29. The number of H-pyrrole nitrogens is 1. The van der Waals surface area contributed by atoms with E-state index in [4.69, 9.17) is 0 Å². The van der Waals surface area contributed by atoms with Crippen LogP contribution in [0.3, 0.4) is 0 Å². The van der Waals surface area contributed by atoms with Crippen molar-refractivity contribution in [3.63, 3.8) is 0 Å². The Bertz CT molecular complexity index is 788. The summed E-state index contributed by atoms with van der Waals surface area (Å²) in [6.07, 6.45) is 7.35. The number of anilines is 1. The third-order valence-corrected chi connectivity index (χ3v) is 4.33. The molecule has 2 aromatic heterocycles. The first-order valence-corrected chi connectivity index (χ1v) is 7.59. The molecule has 2 heterocycles. The highest BCUT2D eigenvalue weighted by molar-refractivity contribution is 5.85. The van der Waals surface area contributed by atoms with E-state index in [9.17, 15) is 0 Å². The first kappa shape index (κ1) is 12.5. The average molecular weight is 277 g/mol. The molecule has 1 aliphatic carbocycles. The van der Waals surface area contributed by atoms with Gasteiger partial charge in [-0.3, -0.25) is 4.98 Å². The summed E-state index contributed by atoms with van der Waals surface area (Å²) < 4.78 is 0. The van der Waals surface area contributed by atoms with Crippen LogP contribution in [0.5, 0.6) is 0 Å². The van der Waals surface area contributed by atoms with Crippen molar-refractivity contribution < 1.29 is 0 Å². The predicted octanol–water partition coefficient (Wildman–Crippen LogP) is 4.36. The van der Waals surface area contributed by atoms with E-state index in [1.54, 1.807) is 0 Å². The highest BCUT2D eigenvalue weighted by Crippen LogP contribution is 2.36. The SMILES string of the molecule is Cc1cncc(NC2CCCc3c2[nH]c2ccccc32)c1. The van der Waals surface area contributed by atoms with Gasteiger partial charge in [0.15, 0.2) is 0 Å². The first-order valence-electron chi connectivity index (χ1n) is 7.59. The van der Waals surface area contributed by atoms with E-state index < -0.39 is 0 Å². The molecule has 0 saturated heterocycles. The maximum atomic E-state index is 4.28. The van der Waals surface area contributed by atoms with Gasteiger partial charge in [0, 0.05) is 29.0 Å². The molecule has 106 valence electrons. The zero-order valence-electron chi connectivity index (χ0n) is 12.2. The second kappa shape index (κ2) is 4.92. The molecule has 1 atom stereocenters. The van der Waals surface area contributed by atoms with Gasteiger partial charge in [0.25, 0.3) is 0 Å². The van der Waals surface area contributed by atoms with Crippen molar-refractivity contribution in [2.45, 2.75) is 32.2 Å². The summed E-state index contributed by atoms with van der Waals surface area (Å²) in [6.45, 7) is 2.08. The van der Waals surface area contributed by atoms with Crippen LogP contribution in [0.2, 0.25) is 0 Å². The van der Waals surface area contributed by atoms with E-state index in [1.165, 1.54) is 40.6 Å². The van der Waals surface area contributed by atoms with E-state index in [2.05, 4.69) is 52.5 Å². The van der Waals surface area contributed by atoms with Gasteiger partial charge < -0.3 is 10.3 Å². The minimum absolute atomic E-state index is 0.352. The summed E-state index contributed by atoms with van der Waals surface area (Å²) in [7, 11) is 0. The monoisotopic (exact) mass is 277 g/mol. The van der Waals surface area contributed by atoms with Gasteiger partial charge in [-0.05, 0) is 49.4 Å². The molecule has 0 amide bonds. The fourth-order valence-electron chi connectivity index (χ4n) is 3.39. The zero-order chi connectivity index (χ0) is 14.2. The third-order valence-electron chi connectivity index (χ3n) is 4.33. The van der Waals surface area contributed by atoms with Crippen molar-refractivity contribution >= 4 is 16.6 Å². The van der Waals surface area contributed by atoms with Crippen molar-refractivity contribution in [2.24, 2.45) is 0 Å². The van der Waals surface area contributed by atoms with Gasteiger partial charge in [0.2, 0.25) is 0 Å². The Morgan fingerprint density at radius 3 is 3.05 bits per heavy atom. The third kappa shape index (κ3) is 2.19. The number of aromatic nitrogens is 2. The molecule has 1 unspecified atom stereocenters. The Kier molecular flexibility index (Phi) is 2.92. The average Bonchev–Trinajstić information content (AvgIpc) is 2.87. The normalized spacial score (nSPS) is 17.7. The number of hydrogen-bond acceptors (Lipinski definition) is 2. The Morgan fingerprint density at radius 2 is 2.14 bits per heavy atom. The molecule has 0 bridgehead atoms. The predicted molar refractivity (Wildman–Crippen MR) is 86.6 cm³/mol. The van der Waals surface area contributed by atoms with Crippen LogP contribution in [0, 0.1) is 6.92 Å². The van der Waals surface area contributed by atoms with Gasteiger partial charge in [-0.25, -0.2) is 0 Å². The van der Waals surface area contributed by atoms with Crippen molar-refractivity contribution in [3.05, 3.63) is 59.5 Å². The molecule has 0 fully saturated rings. The van der Waals surface area contributed by atoms with Crippen molar-refractivity contribution in [1.29, 1.82) is 0 Å². The molecule has 3 nitrogen and oxygen atoms in total. The first-order chi connectivity index (χ1) is 10.3. The molecular formula is C18H19N3. The van der Waals surface area contributed by atoms with Crippen molar-refractivity contribution in [2.75, 3.05) is 5.32 Å². The van der Waals surface area contributed by atoms with E-state index in [-0.39, 0.29) is 0 Å². The molecule has 0 radical (unpaired) electrons. The van der Waals surface area contributed by atoms with E-state index >= 15 is 0 Å². The van der Waals surface area contributed by atoms with E-state index in [0.717, 1.165) is 12.1 Å². The zero-order valence-corrected chi connectivity index (χ0v) is 12.2. The number of nitrogens with zero attached hydrogens (tertiary/aromatic N) is 1. The van der Waals surface area contributed by atoms with Crippen molar-refractivity contribution in [1.82, 2.24) is 9.97 Å². The van der Waals surface area contributed by atoms with Crippen LogP contribution in [0.15, 0.2) is 42.7 Å². The van der Waals surface area contributed by atoms with Crippen LogP contribution >= 0.6 is 0 Å². The van der Waals surface area contributed by atoms with Crippen LogP contribution in [0.25, 0.3) is 10.9 Å². The number of aryl methyl sites for hydroxylation is 2. The number of aromatic amines is 1. The lowest BCUT2D eigenvalue weighted by Crippen LogP contribution is -2.17. The fraction of sp³-hybridized carbons (Fsp3) is 0.278. The van der Waals surface area contributed by atoms with Crippen LogP contribution in [-0.4, -0.2) is 9.97 Å². The number of fused-ring (bicyclic) bond motifs is 3. The number of rotatable bonds is 2. The molecule has 3 aromatic rings. The van der Waals surface area contributed by atoms with Gasteiger partial charge in [-0.1, -0.05) is 18.2 Å². The van der Waals surface area contributed by atoms with Crippen LogP contribution < -0.4 is 5.32 Å². The number of benzene rings is 1. The summed E-state index contributed by atoms with van der Waals surface area (Å²) in [6, 6.07) is 11.1. The highest BCUT2D eigenvalue weighted by atomic mass is 15.0. The lowest BCUT2D eigenvalue weighted by molar-refractivity contribution is 0.592. The topological polar surface area (TPSA) is 40.7 Å². The van der Waals surface area contributed by atoms with Crippen LogP contribution in [0.1, 0.15) is 35.7 Å². The molecule has 3 heteroatoms. The maximum absolute atomic E-state index is 4.28. The van der Waals surface area contributed by atoms with Gasteiger partial charge in [-0.15, -0.1) is 0 Å². The van der Waals surface area contributed by atoms with Crippen LogP contribution in [0.4, 0.5) is 5.69 Å². The smallest absolute Gasteiger partial charge is 0.0666 e. The highest BCUT2D eigenvalue weighted by Gasteiger charge is 2.24. The standard InChI is InChI=1S/C18H19N3/c1-12-9-13(11-19-10-12)20-17-8-4-6-15-14-5-2-3-7-16(14)21-18(15)17/h2-3,5,7,9-11,17,20-21H,4,6,8H2,1H3. The summed E-state index contributed by atoms with van der Waals surface area (Å²) in [4.78, 5) is 7.89. The Morgan fingerprint density at radius 1 is 1.24 bits per heavy atom. The van der Waals surface area contributed by atoms with Gasteiger partial charge in [-0.2, -0.15) is 0 Å². The number of para-hydroxylation sites is 1. The molecule has 2 N–H and O–H groups in total. The summed E-state index contributed by atoms with van der Waals surface area (Å²) in [5, 5.41) is 5.02. The summed E-state index contributed by atoms with van der Waals surface area (Å²) >= 11 is 0. The maximum Gasteiger partial charge on any atom is 0.0666 e. The second-order valence-electron chi connectivity index (χ2n) is 5.90. The van der Waals surface area contributed by atoms with Gasteiger partial charge in [0.05, 0.1) is 11.7 Å². The molecule has 1 aromatic carbocycles. The summed E-state index contributed by atoms with van der Waals surface area (Å²) in [5.74, 6) is 0. The lowest BCUT2D eigenvalue weighted by Gasteiger charge is -2.24. The molecule has 1 aliphatic rings. The Balaban J connectivity index is 1.73. The number of nitrogens with one attached hydrogen (secondary N) is 2. The second-order valence-corrected chi connectivity index (χ2v) is 5.90. The van der Waals surface area contributed by atoms with E-state index in [0.29, 0.717) is 6.04 Å². The molecule has 0 aliphatic heterocycles. The summed E-state index contributed by atoms with van der Waals surface area (Å²) in [5.41, 5.74) is 6.37. The minimum atomic E-state index is 0.352. The van der Waals surface area contributed by atoms with Crippen molar-refractivity contribution in [3.8, 4) is 0 Å². The Labute approximate surface area is 124 Å². The number of pyridine rings is 1. The molecule has 0 spiro atoms. The minimum Gasteiger partial charge on any atom is -0.375 e. The molecular weight excluding hydrogens is 258 g/mol. The van der Waals surface area contributed by atoms with Gasteiger partial charge >= 0.3 is 0 Å². The largest absolute Gasteiger partial charge is 0.375 e. The fourth-order valence-corrected chi connectivity index (χ4v) is 3.39. The lowest BCUT2D eigenvalue weighted by atomic mass is 9.91. The molecule has 21 heavy (non-hydrogen) atoms. The van der Waals surface area contributed by atoms with Gasteiger partial charge in [0.1, 0.15) is 0 Å². The van der Waals surface area contributed by atoms with Crippen LogP contribution in [-0.2, 0) is 6.42 Å². The molecule has 4 rings (SSSR count).